The van der Waals surface area contributed by atoms with Gasteiger partial charge in [0.15, 0.2) is 5.69 Å². The van der Waals surface area contributed by atoms with Crippen LogP contribution < -0.4 is 4.72 Å². The van der Waals surface area contributed by atoms with Gasteiger partial charge in [-0.2, -0.15) is 0 Å². The number of aryl methyl sites for hydroxylation is 1. The fourth-order valence-electron chi connectivity index (χ4n) is 2.17. The maximum atomic E-state index is 12.5. The maximum Gasteiger partial charge on any atom is 0.241 e. The molecule has 1 N–H and O–H groups in total. The summed E-state index contributed by atoms with van der Waals surface area (Å²) in [4.78, 5) is 3.57. The van der Waals surface area contributed by atoms with Crippen LogP contribution in [0.1, 0.15) is 23.6 Å². The van der Waals surface area contributed by atoms with E-state index in [1.807, 2.05) is 6.92 Å². The molecule has 0 fully saturated rings. The monoisotopic (exact) mass is 326 g/mol. The van der Waals surface area contributed by atoms with Gasteiger partial charge in [-0.05, 0) is 31.0 Å². The first kappa shape index (κ1) is 16.9. The first-order valence-corrected chi connectivity index (χ1v) is 8.62. The summed E-state index contributed by atoms with van der Waals surface area (Å²) in [6.45, 7) is 12.6. The average molecular weight is 326 g/mol. The van der Waals surface area contributed by atoms with Gasteiger partial charge < -0.3 is 0 Å². The zero-order valence-electron chi connectivity index (χ0n) is 12.9. The maximum absolute atomic E-state index is 12.5. The number of hydrogen-bond acceptors (Lipinski definition) is 2. The quantitative estimate of drug-likeness (QED) is 0.640. The Morgan fingerprint density at radius 1 is 1.17 bits per heavy atom. The zero-order valence-corrected chi connectivity index (χ0v) is 13.7. The second-order valence-electron chi connectivity index (χ2n) is 5.21. The number of benzene rings is 2. The summed E-state index contributed by atoms with van der Waals surface area (Å²) >= 11 is 0. The van der Waals surface area contributed by atoms with Gasteiger partial charge in [0.05, 0.1) is 17.5 Å². The van der Waals surface area contributed by atoms with Crippen molar-refractivity contribution < 1.29 is 8.42 Å². The Balaban J connectivity index is 2.29. The molecule has 0 amide bonds. The topological polar surface area (TPSA) is 50.5 Å². The summed E-state index contributed by atoms with van der Waals surface area (Å²) in [6, 6.07) is 13.2. The van der Waals surface area contributed by atoms with Gasteiger partial charge in [0.25, 0.3) is 0 Å². The van der Waals surface area contributed by atoms with Crippen LogP contribution in [0.15, 0.2) is 66.1 Å². The summed E-state index contributed by atoms with van der Waals surface area (Å²) < 4.78 is 27.8. The molecular formula is C18H18N2O2S. The molecule has 2 aromatic carbocycles. The van der Waals surface area contributed by atoms with Crippen LogP contribution in [0.5, 0.6) is 0 Å². The highest BCUT2D eigenvalue weighted by atomic mass is 32.2. The molecule has 0 heterocycles. The lowest BCUT2D eigenvalue weighted by molar-refractivity contribution is 0.557. The molecule has 0 spiro atoms. The third-order valence-corrected chi connectivity index (χ3v) is 4.94. The van der Waals surface area contributed by atoms with Crippen LogP contribution in [-0.4, -0.2) is 8.42 Å². The number of hydrogen-bond donors (Lipinski definition) is 1. The molecule has 0 aliphatic carbocycles. The van der Waals surface area contributed by atoms with E-state index in [1.165, 1.54) is 0 Å². The van der Waals surface area contributed by atoms with E-state index in [1.54, 1.807) is 54.6 Å². The van der Waals surface area contributed by atoms with E-state index in [9.17, 15) is 8.42 Å². The van der Waals surface area contributed by atoms with Crippen molar-refractivity contribution >= 4 is 15.7 Å². The van der Waals surface area contributed by atoms with Gasteiger partial charge in [-0.15, -0.1) is 6.58 Å². The van der Waals surface area contributed by atoms with Crippen molar-refractivity contribution in [2.45, 2.75) is 24.3 Å². The highest BCUT2D eigenvalue weighted by molar-refractivity contribution is 7.89. The molecule has 0 saturated carbocycles. The Morgan fingerprint density at radius 3 is 2.30 bits per heavy atom. The molecule has 0 bridgehead atoms. The Labute approximate surface area is 137 Å². The van der Waals surface area contributed by atoms with E-state index < -0.39 is 16.1 Å². The average Bonchev–Trinajstić information content (AvgIpc) is 2.55. The lowest BCUT2D eigenvalue weighted by atomic mass is 10.0. The largest absolute Gasteiger partial charge is 0.241 e. The molecule has 4 nitrogen and oxygen atoms in total. The molecule has 0 aromatic heterocycles. The first-order chi connectivity index (χ1) is 11.0. The molecule has 0 aliphatic heterocycles. The Morgan fingerprint density at radius 2 is 1.78 bits per heavy atom. The number of nitrogens with one attached hydrogen (secondary N) is 1. The second-order valence-corrected chi connectivity index (χ2v) is 6.93. The van der Waals surface area contributed by atoms with E-state index in [2.05, 4.69) is 16.1 Å². The van der Waals surface area contributed by atoms with Crippen LogP contribution in [0.4, 0.5) is 5.69 Å². The molecule has 0 aliphatic rings. The number of sulfonamides is 1. The molecule has 2 rings (SSSR count). The molecular weight excluding hydrogens is 308 g/mol. The van der Waals surface area contributed by atoms with Crippen molar-refractivity contribution in [1.82, 2.24) is 4.72 Å². The van der Waals surface area contributed by atoms with Gasteiger partial charge in [-0.25, -0.2) is 18.0 Å². The number of nitrogens with zero attached hydrogens (tertiary/aromatic N) is 1. The summed E-state index contributed by atoms with van der Waals surface area (Å²) in [5.41, 5.74) is 2.32. The summed E-state index contributed by atoms with van der Waals surface area (Å²) in [5, 5.41) is 0. The van der Waals surface area contributed by atoms with E-state index >= 15 is 0 Å². The van der Waals surface area contributed by atoms with Gasteiger partial charge in [0, 0.05) is 0 Å². The van der Waals surface area contributed by atoms with Crippen molar-refractivity contribution in [3.8, 4) is 0 Å². The molecule has 118 valence electrons. The summed E-state index contributed by atoms with van der Waals surface area (Å²) in [7, 11) is -3.62. The Hall–Kier alpha value is -2.42. The predicted molar refractivity (Wildman–Crippen MR) is 91.8 cm³/mol. The predicted octanol–water partition coefficient (Wildman–Crippen LogP) is 4.14. The molecule has 0 radical (unpaired) electrons. The highest BCUT2D eigenvalue weighted by Crippen LogP contribution is 2.23. The molecule has 5 heteroatoms. The van der Waals surface area contributed by atoms with Crippen molar-refractivity contribution in [3.05, 3.63) is 83.7 Å². The minimum atomic E-state index is -3.62. The summed E-state index contributed by atoms with van der Waals surface area (Å²) in [5.74, 6) is 0. The highest BCUT2D eigenvalue weighted by Gasteiger charge is 2.20. The normalized spacial score (nSPS) is 12.3. The fraction of sp³-hybridized carbons (Fsp3) is 0.167. The van der Waals surface area contributed by atoms with Crippen LogP contribution in [0, 0.1) is 13.5 Å². The van der Waals surface area contributed by atoms with Crippen LogP contribution in [-0.2, 0) is 10.0 Å². The van der Waals surface area contributed by atoms with E-state index in [-0.39, 0.29) is 4.90 Å². The standard InChI is InChI=1S/C18H18N2O2S/c1-4-5-18(15-8-10-16(19-3)11-9-15)20-23(21,22)17-12-6-14(2)7-13-17/h4,6-13,18,20H,1,5H2,2H3. The minimum Gasteiger partial charge on any atom is -0.238 e. The van der Waals surface area contributed by atoms with Crippen LogP contribution in [0.25, 0.3) is 4.85 Å². The second kappa shape index (κ2) is 7.23. The Kier molecular flexibility index (Phi) is 5.32. The third-order valence-electron chi connectivity index (χ3n) is 3.46. The van der Waals surface area contributed by atoms with Gasteiger partial charge in [0.1, 0.15) is 0 Å². The minimum absolute atomic E-state index is 0.231. The van der Waals surface area contributed by atoms with Gasteiger partial charge in [-0.3, -0.25) is 0 Å². The molecule has 0 saturated heterocycles. The zero-order chi connectivity index (χ0) is 16.9. The molecule has 2 aromatic rings. The SMILES string of the molecule is [C-]#[N+]c1ccc(C(CC=C)NS(=O)(=O)c2ccc(C)cc2)cc1. The van der Waals surface area contributed by atoms with Crippen LogP contribution in [0.3, 0.4) is 0 Å². The van der Waals surface area contributed by atoms with Crippen LogP contribution in [0.2, 0.25) is 0 Å². The van der Waals surface area contributed by atoms with Crippen molar-refractivity contribution in [3.63, 3.8) is 0 Å². The van der Waals surface area contributed by atoms with E-state index in [0.29, 0.717) is 12.1 Å². The van der Waals surface area contributed by atoms with Crippen molar-refractivity contribution in [1.29, 1.82) is 0 Å². The smallest absolute Gasteiger partial charge is 0.238 e. The van der Waals surface area contributed by atoms with Gasteiger partial charge >= 0.3 is 0 Å². The lowest BCUT2D eigenvalue weighted by Crippen LogP contribution is -2.28. The van der Waals surface area contributed by atoms with Gasteiger partial charge in [0.2, 0.25) is 10.0 Å². The van der Waals surface area contributed by atoms with E-state index in [0.717, 1.165) is 11.1 Å². The Bertz CT molecular complexity index is 817. The lowest BCUT2D eigenvalue weighted by Gasteiger charge is -2.18. The van der Waals surface area contributed by atoms with Crippen LogP contribution >= 0.6 is 0 Å². The van der Waals surface area contributed by atoms with E-state index in [4.69, 9.17) is 6.57 Å². The third kappa shape index (κ3) is 4.28. The molecule has 23 heavy (non-hydrogen) atoms. The van der Waals surface area contributed by atoms with Gasteiger partial charge in [-0.1, -0.05) is 48.0 Å². The fourth-order valence-corrected chi connectivity index (χ4v) is 3.41. The molecule has 1 atom stereocenters. The summed E-state index contributed by atoms with van der Waals surface area (Å²) in [6.07, 6.45) is 2.13. The van der Waals surface area contributed by atoms with Crippen molar-refractivity contribution in [2.24, 2.45) is 0 Å². The number of rotatable bonds is 6. The molecule has 1 unspecified atom stereocenters. The first-order valence-electron chi connectivity index (χ1n) is 7.13. The van der Waals surface area contributed by atoms with Crippen molar-refractivity contribution in [2.75, 3.05) is 0 Å².